The first-order valence-corrected chi connectivity index (χ1v) is 9.40. The van der Waals surface area contributed by atoms with Crippen LogP contribution in [0.3, 0.4) is 0 Å². The largest absolute Gasteiger partial charge is 0.497 e. The smallest absolute Gasteiger partial charge is 0.306 e. The summed E-state index contributed by atoms with van der Waals surface area (Å²) in [4.78, 5) is 13.7. The van der Waals surface area contributed by atoms with E-state index in [-0.39, 0.29) is 12.0 Å². The number of carboxylic acids is 1. The topological polar surface area (TPSA) is 68.2 Å². The van der Waals surface area contributed by atoms with Gasteiger partial charge in [0.15, 0.2) is 11.5 Å². The molecule has 1 unspecified atom stereocenters. The molecule has 0 spiro atoms. The highest BCUT2D eigenvalue weighted by atomic mass is 16.5. The van der Waals surface area contributed by atoms with Gasteiger partial charge in [-0.15, -0.1) is 0 Å². The maximum atomic E-state index is 11.3. The Morgan fingerprint density at radius 3 is 2.07 bits per heavy atom. The zero-order chi connectivity index (χ0) is 20.1. The van der Waals surface area contributed by atoms with Crippen molar-refractivity contribution in [1.29, 1.82) is 0 Å². The molecule has 0 saturated carbocycles. The molecule has 6 nitrogen and oxygen atoms in total. The van der Waals surface area contributed by atoms with Crippen molar-refractivity contribution in [3.8, 4) is 17.2 Å². The number of piperidine rings is 1. The lowest BCUT2D eigenvalue weighted by Gasteiger charge is -2.37. The number of benzene rings is 2. The summed E-state index contributed by atoms with van der Waals surface area (Å²) in [6.07, 6.45) is 1.30. The Bertz CT molecular complexity index is 797. The van der Waals surface area contributed by atoms with Gasteiger partial charge in [-0.1, -0.05) is 18.2 Å². The first kappa shape index (κ1) is 20.0. The summed E-state index contributed by atoms with van der Waals surface area (Å²) in [6, 6.07) is 14.0. The zero-order valence-electron chi connectivity index (χ0n) is 16.6. The zero-order valence-corrected chi connectivity index (χ0v) is 16.6. The Kier molecular flexibility index (Phi) is 6.41. The molecule has 0 aliphatic carbocycles. The van der Waals surface area contributed by atoms with Crippen molar-refractivity contribution in [3.63, 3.8) is 0 Å². The molecule has 1 saturated heterocycles. The maximum absolute atomic E-state index is 11.3. The fourth-order valence-electron chi connectivity index (χ4n) is 3.83. The molecular weight excluding hydrogens is 358 g/mol. The van der Waals surface area contributed by atoms with Crippen LogP contribution in [-0.4, -0.2) is 50.4 Å². The molecule has 2 aromatic rings. The van der Waals surface area contributed by atoms with Gasteiger partial charge in [0.1, 0.15) is 5.75 Å². The lowest BCUT2D eigenvalue weighted by atomic mass is 9.91. The molecule has 1 atom stereocenters. The van der Waals surface area contributed by atoms with Crippen LogP contribution in [0.2, 0.25) is 0 Å². The Hall–Kier alpha value is -2.73. The second-order valence-electron chi connectivity index (χ2n) is 6.94. The molecule has 0 amide bonds. The van der Waals surface area contributed by atoms with Gasteiger partial charge in [-0.2, -0.15) is 0 Å². The van der Waals surface area contributed by atoms with E-state index >= 15 is 0 Å². The lowest BCUT2D eigenvalue weighted by molar-refractivity contribution is -0.143. The van der Waals surface area contributed by atoms with Gasteiger partial charge < -0.3 is 19.3 Å². The predicted octanol–water partition coefficient (Wildman–Crippen LogP) is 3.60. The van der Waals surface area contributed by atoms with Gasteiger partial charge in [-0.05, 0) is 61.3 Å². The fraction of sp³-hybridized carbons (Fsp3) is 0.409. The molecular formula is C22H27NO5. The number of aliphatic carboxylic acids is 1. The number of likely N-dealkylation sites (tertiary alicyclic amines) is 1. The van der Waals surface area contributed by atoms with Crippen molar-refractivity contribution >= 4 is 5.97 Å². The van der Waals surface area contributed by atoms with Crippen molar-refractivity contribution in [2.45, 2.75) is 18.9 Å². The van der Waals surface area contributed by atoms with Crippen LogP contribution in [0.5, 0.6) is 17.2 Å². The average molecular weight is 385 g/mol. The highest BCUT2D eigenvalue weighted by Gasteiger charge is 2.30. The summed E-state index contributed by atoms with van der Waals surface area (Å²) in [7, 11) is 4.90. The van der Waals surface area contributed by atoms with E-state index in [1.165, 1.54) is 0 Å². The molecule has 1 aliphatic rings. The highest BCUT2D eigenvalue weighted by molar-refractivity contribution is 5.70. The van der Waals surface area contributed by atoms with E-state index in [0.717, 1.165) is 30.0 Å². The second kappa shape index (κ2) is 8.97. The van der Waals surface area contributed by atoms with Crippen LogP contribution < -0.4 is 14.2 Å². The fourth-order valence-corrected chi connectivity index (χ4v) is 3.83. The maximum Gasteiger partial charge on any atom is 0.306 e. The van der Waals surface area contributed by atoms with Gasteiger partial charge in [0.05, 0.1) is 33.3 Å². The van der Waals surface area contributed by atoms with Crippen molar-refractivity contribution in [3.05, 3.63) is 53.6 Å². The van der Waals surface area contributed by atoms with E-state index in [2.05, 4.69) is 17.0 Å². The number of methoxy groups -OCH3 is 3. The standard InChI is InChI=1S/C22H27NO5/c1-26-18-7-4-15(5-8-18)21(23-12-10-16(11-13-23)22(24)25)17-6-9-19(27-2)20(14-17)28-3/h4-9,14,16,21H,10-13H2,1-3H3,(H,24,25). The summed E-state index contributed by atoms with van der Waals surface area (Å²) < 4.78 is 16.2. The van der Waals surface area contributed by atoms with Crippen LogP contribution in [0.1, 0.15) is 30.0 Å². The molecule has 1 aliphatic heterocycles. The van der Waals surface area contributed by atoms with Crippen LogP contribution in [0.4, 0.5) is 0 Å². The molecule has 0 radical (unpaired) electrons. The summed E-state index contributed by atoms with van der Waals surface area (Å²) in [5.74, 6) is 1.20. The van der Waals surface area contributed by atoms with Gasteiger partial charge >= 0.3 is 5.97 Å². The summed E-state index contributed by atoms with van der Waals surface area (Å²) in [5.41, 5.74) is 2.21. The first-order chi connectivity index (χ1) is 13.6. The Labute approximate surface area is 165 Å². The third-order valence-corrected chi connectivity index (χ3v) is 5.40. The molecule has 2 aromatic carbocycles. The number of nitrogens with zero attached hydrogens (tertiary/aromatic N) is 1. The van der Waals surface area contributed by atoms with E-state index in [0.29, 0.717) is 24.3 Å². The minimum absolute atomic E-state index is 0.000423. The van der Waals surface area contributed by atoms with Crippen LogP contribution in [-0.2, 0) is 4.79 Å². The minimum Gasteiger partial charge on any atom is -0.497 e. The second-order valence-corrected chi connectivity index (χ2v) is 6.94. The molecule has 0 aromatic heterocycles. The van der Waals surface area contributed by atoms with Gasteiger partial charge in [0.25, 0.3) is 0 Å². The van der Waals surface area contributed by atoms with E-state index in [4.69, 9.17) is 14.2 Å². The normalized spacial score (nSPS) is 16.4. The van der Waals surface area contributed by atoms with Gasteiger partial charge in [0, 0.05) is 0 Å². The van der Waals surface area contributed by atoms with Crippen molar-refractivity contribution in [2.24, 2.45) is 5.92 Å². The molecule has 150 valence electrons. The van der Waals surface area contributed by atoms with Gasteiger partial charge in [0.2, 0.25) is 0 Å². The number of hydrogen-bond donors (Lipinski definition) is 1. The quantitative estimate of drug-likeness (QED) is 0.785. The molecule has 28 heavy (non-hydrogen) atoms. The van der Waals surface area contributed by atoms with Crippen molar-refractivity contribution in [1.82, 2.24) is 4.90 Å². The van der Waals surface area contributed by atoms with Crippen molar-refractivity contribution < 1.29 is 24.1 Å². The molecule has 1 N–H and O–H groups in total. The van der Waals surface area contributed by atoms with Crippen LogP contribution in [0.15, 0.2) is 42.5 Å². The predicted molar refractivity (Wildman–Crippen MR) is 106 cm³/mol. The Balaban J connectivity index is 1.96. The number of ether oxygens (including phenoxy) is 3. The van der Waals surface area contributed by atoms with Crippen molar-refractivity contribution in [2.75, 3.05) is 34.4 Å². The lowest BCUT2D eigenvalue weighted by Crippen LogP contribution is -2.39. The van der Waals surface area contributed by atoms with Gasteiger partial charge in [-0.25, -0.2) is 0 Å². The molecule has 0 bridgehead atoms. The third-order valence-electron chi connectivity index (χ3n) is 5.40. The minimum atomic E-state index is -0.702. The Morgan fingerprint density at radius 2 is 1.54 bits per heavy atom. The van der Waals surface area contributed by atoms with Gasteiger partial charge in [-0.3, -0.25) is 9.69 Å². The van der Waals surface area contributed by atoms with Crippen LogP contribution in [0.25, 0.3) is 0 Å². The van der Waals surface area contributed by atoms with E-state index in [1.807, 2.05) is 30.3 Å². The van der Waals surface area contributed by atoms with Crippen LogP contribution >= 0.6 is 0 Å². The number of carboxylic acid groups (broad SMARTS) is 1. The molecule has 1 heterocycles. The molecule has 6 heteroatoms. The molecule has 1 fully saturated rings. The third kappa shape index (κ3) is 4.22. The number of rotatable bonds is 7. The highest BCUT2D eigenvalue weighted by Crippen LogP contribution is 2.37. The number of carbonyl (C=O) groups is 1. The van der Waals surface area contributed by atoms with Crippen LogP contribution in [0, 0.1) is 5.92 Å². The van der Waals surface area contributed by atoms with E-state index in [1.54, 1.807) is 21.3 Å². The first-order valence-electron chi connectivity index (χ1n) is 9.40. The summed E-state index contributed by atoms with van der Waals surface area (Å²) in [5, 5.41) is 9.32. The Morgan fingerprint density at radius 1 is 0.929 bits per heavy atom. The average Bonchev–Trinajstić information content (AvgIpc) is 2.74. The monoisotopic (exact) mass is 385 g/mol. The molecule has 3 rings (SSSR count). The van der Waals surface area contributed by atoms with E-state index in [9.17, 15) is 9.90 Å². The SMILES string of the molecule is COc1ccc(C(c2ccc(OC)c(OC)c2)N2CCC(C(=O)O)CC2)cc1. The summed E-state index contributed by atoms with van der Waals surface area (Å²) >= 11 is 0. The number of hydrogen-bond acceptors (Lipinski definition) is 5. The summed E-state index contributed by atoms with van der Waals surface area (Å²) in [6.45, 7) is 1.45. The van der Waals surface area contributed by atoms with E-state index < -0.39 is 5.97 Å².